The molecule has 1 heterocycles. The van der Waals surface area contributed by atoms with Gasteiger partial charge in [0.15, 0.2) is 0 Å². The SMILES string of the molecule is Cc1c(C)c(S(=O)(=O)NC(N)=NC[C@@H](NC(=O)OCC2c3ccccc3-c3ccccc32)C(=O)O)c(C)c2c1OC(C)(C)C2. The van der Waals surface area contributed by atoms with Gasteiger partial charge in [0.25, 0.3) is 10.0 Å². The lowest BCUT2D eigenvalue weighted by atomic mass is 9.94. The number of carboxylic acid groups (broad SMARTS) is 1. The first-order valence-electron chi connectivity index (χ1n) is 14.2. The number of amides is 1. The van der Waals surface area contributed by atoms with Crippen molar-refractivity contribution in [1.82, 2.24) is 10.0 Å². The molecule has 44 heavy (non-hydrogen) atoms. The van der Waals surface area contributed by atoms with Crippen molar-refractivity contribution in [3.63, 3.8) is 0 Å². The molecule has 0 aromatic heterocycles. The standard InChI is InChI=1S/C32H36N4O7S/c1-17-18(2)28(19(3)24-14-32(4,5)43-27(17)24)44(40,41)36-30(33)34-15-26(29(37)38)35-31(39)42-16-25-22-12-8-6-10-20(22)21-11-7-9-13-23(21)25/h6-13,25-26H,14-16H2,1-5H3,(H,35,39)(H,37,38)(H3,33,34,36)/t26-/m1/s1. The zero-order valence-electron chi connectivity index (χ0n) is 25.2. The van der Waals surface area contributed by atoms with Gasteiger partial charge in [-0.25, -0.2) is 27.7 Å². The predicted molar refractivity (Wildman–Crippen MR) is 166 cm³/mol. The maximum atomic E-state index is 13.4. The summed E-state index contributed by atoms with van der Waals surface area (Å²) in [7, 11) is -4.18. The number of rotatable bonds is 8. The number of fused-ring (bicyclic) bond motifs is 4. The van der Waals surface area contributed by atoms with E-state index in [1.165, 1.54) is 0 Å². The molecular weight excluding hydrogens is 584 g/mol. The molecule has 11 nitrogen and oxygen atoms in total. The van der Waals surface area contributed by atoms with Gasteiger partial charge in [-0.3, -0.25) is 0 Å². The molecule has 5 N–H and O–H groups in total. The highest BCUT2D eigenvalue weighted by molar-refractivity contribution is 7.90. The molecule has 1 amide bonds. The molecule has 232 valence electrons. The lowest BCUT2D eigenvalue weighted by Gasteiger charge is -2.19. The molecule has 0 saturated heterocycles. The first-order valence-corrected chi connectivity index (χ1v) is 15.7. The lowest BCUT2D eigenvalue weighted by Crippen LogP contribution is -2.45. The fourth-order valence-electron chi connectivity index (χ4n) is 6.03. The number of hydrogen-bond donors (Lipinski definition) is 4. The van der Waals surface area contributed by atoms with E-state index in [1.807, 2.05) is 62.4 Å². The van der Waals surface area contributed by atoms with E-state index in [-0.39, 0.29) is 17.4 Å². The molecule has 0 spiro atoms. The maximum Gasteiger partial charge on any atom is 0.407 e. The second kappa shape index (κ2) is 11.5. The molecule has 1 atom stereocenters. The van der Waals surface area contributed by atoms with Gasteiger partial charge in [-0.15, -0.1) is 0 Å². The van der Waals surface area contributed by atoms with E-state index in [0.717, 1.165) is 27.8 Å². The zero-order chi connectivity index (χ0) is 32.0. The van der Waals surface area contributed by atoms with Gasteiger partial charge in [-0.1, -0.05) is 48.5 Å². The molecule has 0 unspecified atom stereocenters. The Morgan fingerprint density at radius 1 is 1.05 bits per heavy atom. The Morgan fingerprint density at radius 3 is 2.23 bits per heavy atom. The molecule has 1 aliphatic carbocycles. The lowest BCUT2D eigenvalue weighted by molar-refractivity contribution is -0.139. The summed E-state index contributed by atoms with van der Waals surface area (Å²) in [6.45, 7) is 8.56. The number of carbonyl (C=O) groups excluding carboxylic acids is 1. The highest BCUT2D eigenvalue weighted by atomic mass is 32.2. The summed E-state index contributed by atoms with van der Waals surface area (Å²) in [5, 5.41) is 12.0. The highest BCUT2D eigenvalue weighted by Crippen LogP contribution is 2.45. The number of nitrogens with zero attached hydrogens (tertiary/aromatic N) is 1. The third-order valence-electron chi connectivity index (χ3n) is 8.18. The molecule has 0 fully saturated rings. The van der Waals surface area contributed by atoms with Gasteiger partial charge in [-0.05, 0) is 73.6 Å². The van der Waals surface area contributed by atoms with Gasteiger partial charge in [0.1, 0.15) is 24.0 Å². The van der Waals surface area contributed by atoms with Crippen LogP contribution in [0, 0.1) is 20.8 Å². The summed E-state index contributed by atoms with van der Waals surface area (Å²) in [5.41, 5.74) is 12.2. The fourth-order valence-corrected chi connectivity index (χ4v) is 7.55. The van der Waals surface area contributed by atoms with Crippen LogP contribution in [0.15, 0.2) is 58.4 Å². The van der Waals surface area contributed by atoms with Crippen molar-refractivity contribution in [3.8, 4) is 16.9 Å². The largest absolute Gasteiger partial charge is 0.487 e. The first kappa shape index (κ1) is 30.9. The van der Waals surface area contributed by atoms with Crippen LogP contribution < -0.4 is 20.5 Å². The second-order valence-corrected chi connectivity index (χ2v) is 13.4. The Bertz CT molecular complexity index is 1750. The smallest absolute Gasteiger partial charge is 0.407 e. The van der Waals surface area contributed by atoms with Gasteiger partial charge >= 0.3 is 12.1 Å². The van der Waals surface area contributed by atoms with E-state index in [9.17, 15) is 23.1 Å². The number of hydrogen-bond acceptors (Lipinski definition) is 7. The van der Waals surface area contributed by atoms with E-state index < -0.39 is 46.2 Å². The average molecular weight is 621 g/mol. The Morgan fingerprint density at radius 2 is 1.64 bits per heavy atom. The van der Waals surface area contributed by atoms with Crippen molar-refractivity contribution >= 4 is 28.0 Å². The van der Waals surface area contributed by atoms with E-state index in [1.54, 1.807) is 20.8 Å². The van der Waals surface area contributed by atoms with Crippen molar-refractivity contribution < 1.29 is 32.6 Å². The van der Waals surface area contributed by atoms with Gasteiger partial charge in [-0.2, -0.15) is 0 Å². The van der Waals surface area contributed by atoms with Crippen molar-refractivity contribution in [2.45, 2.75) is 63.5 Å². The molecule has 1 aliphatic heterocycles. The first-order chi connectivity index (χ1) is 20.7. The van der Waals surface area contributed by atoms with E-state index in [2.05, 4.69) is 15.0 Å². The zero-order valence-corrected chi connectivity index (χ0v) is 26.0. The van der Waals surface area contributed by atoms with E-state index in [0.29, 0.717) is 28.9 Å². The number of alkyl carbamates (subject to hydrolysis) is 1. The number of aliphatic carboxylic acids is 1. The van der Waals surface area contributed by atoms with Crippen LogP contribution in [-0.2, 0) is 26.0 Å². The third-order valence-corrected chi connectivity index (χ3v) is 9.81. The number of sulfonamides is 1. The molecule has 2 aliphatic rings. The highest BCUT2D eigenvalue weighted by Gasteiger charge is 2.37. The third kappa shape index (κ3) is 5.81. The van der Waals surface area contributed by atoms with Crippen LogP contribution in [0.3, 0.4) is 0 Å². The number of guanidine groups is 1. The summed E-state index contributed by atoms with van der Waals surface area (Å²) in [4.78, 5) is 28.5. The number of nitrogens with one attached hydrogen (secondary N) is 2. The van der Waals surface area contributed by atoms with Crippen LogP contribution in [0.25, 0.3) is 11.1 Å². The minimum Gasteiger partial charge on any atom is -0.487 e. The monoisotopic (exact) mass is 620 g/mol. The molecule has 0 bridgehead atoms. The number of ether oxygens (including phenoxy) is 2. The van der Waals surface area contributed by atoms with Crippen LogP contribution in [0.1, 0.15) is 53.1 Å². The number of aliphatic imine (C=N–C) groups is 1. The number of carbonyl (C=O) groups is 2. The Kier molecular flexibility index (Phi) is 8.06. The maximum absolute atomic E-state index is 13.4. The van der Waals surface area contributed by atoms with Crippen molar-refractivity contribution in [2.24, 2.45) is 10.7 Å². The van der Waals surface area contributed by atoms with Crippen LogP contribution in [0.4, 0.5) is 4.79 Å². The number of benzene rings is 3. The summed E-state index contributed by atoms with van der Waals surface area (Å²) in [6.07, 6.45) is -0.401. The summed E-state index contributed by atoms with van der Waals surface area (Å²) in [5.74, 6) is -1.42. The average Bonchev–Trinajstić information content (AvgIpc) is 3.46. The van der Waals surface area contributed by atoms with Crippen LogP contribution in [-0.4, -0.2) is 56.3 Å². The molecule has 3 aromatic carbocycles. The molecule has 3 aromatic rings. The second-order valence-electron chi connectivity index (χ2n) is 11.7. The number of nitrogens with two attached hydrogens (primary N) is 1. The van der Waals surface area contributed by atoms with Crippen LogP contribution in [0.2, 0.25) is 0 Å². The molecule has 12 heteroatoms. The fraction of sp³-hybridized carbons (Fsp3) is 0.344. The van der Waals surface area contributed by atoms with Crippen molar-refractivity contribution in [2.75, 3.05) is 13.2 Å². The predicted octanol–water partition coefficient (Wildman–Crippen LogP) is 3.91. The summed E-state index contributed by atoms with van der Waals surface area (Å²) < 4.78 is 40.6. The van der Waals surface area contributed by atoms with Gasteiger partial charge in [0.05, 0.1) is 11.4 Å². The molecule has 0 saturated carbocycles. The minimum absolute atomic E-state index is 0.00146. The topological polar surface area (TPSA) is 169 Å². The van der Waals surface area contributed by atoms with Crippen molar-refractivity contribution in [3.05, 3.63) is 81.9 Å². The van der Waals surface area contributed by atoms with Gasteiger partial charge in [0.2, 0.25) is 5.96 Å². The molecular formula is C32H36N4O7S. The molecule has 0 radical (unpaired) electrons. The Balaban J connectivity index is 1.25. The van der Waals surface area contributed by atoms with E-state index in [4.69, 9.17) is 15.2 Å². The van der Waals surface area contributed by atoms with Gasteiger partial charge < -0.3 is 25.6 Å². The normalized spacial score (nSPS) is 15.9. The van der Waals surface area contributed by atoms with Gasteiger partial charge in [0, 0.05) is 17.9 Å². The van der Waals surface area contributed by atoms with Crippen LogP contribution in [0.5, 0.6) is 5.75 Å². The molecule has 5 rings (SSSR count). The van der Waals surface area contributed by atoms with Crippen molar-refractivity contribution in [1.29, 1.82) is 0 Å². The Labute approximate surface area is 256 Å². The number of carboxylic acids is 1. The summed E-state index contributed by atoms with van der Waals surface area (Å²) in [6, 6.07) is 14.2. The van der Waals surface area contributed by atoms with E-state index >= 15 is 0 Å². The van der Waals surface area contributed by atoms with Crippen LogP contribution >= 0.6 is 0 Å². The Hall–Kier alpha value is -4.58. The summed E-state index contributed by atoms with van der Waals surface area (Å²) >= 11 is 0. The quantitative estimate of drug-likeness (QED) is 0.217. The minimum atomic E-state index is -4.18.